The van der Waals surface area contributed by atoms with Crippen LogP contribution in [0.5, 0.6) is 0 Å². The number of thiazole rings is 1. The van der Waals surface area contributed by atoms with Gasteiger partial charge in [-0.3, -0.25) is 14.5 Å². The summed E-state index contributed by atoms with van der Waals surface area (Å²) in [7, 11) is 0. The zero-order chi connectivity index (χ0) is 25.9. The summed E-state index contributed by atoms with van der Waals surface area (Å²) >= 11 is 13.8. The number of hydrogen-bond donors (Lipinski definition) is 1. The maximum atomic E-state index is 12.9. The number of nitrogens with zero attached hydrogens (tertiary/aromatic N) is 2. The minimum atomic E-state index is -4.41. The first-order chi connectivity index (χ1) is 17.1. The van der Waals surface area contributed by atoms with Gasteiger partial charge in [0, 0.05) is 35.5 Å². The van der Waals surface area contributed by atoms with Gasteiger partial charge >= 0.3 is 6.18 Å². The molecule has 0 atom stereocenters. The molecule has 0 spiro atoms. The Balaban J connectivity index is 1.32. The SMILES string of the molecule is O=C(CCN1C(=O)/C(=C\c2ccccc2Cl)SC1=S)Nc1ncc(Cc2cccc(C(F)(F)F)c2)s1. The fraction of sp³-hybridized carbons (Fsp3) is 0.167. The first-order valence-electron chi connectivity index (χ1n) is 10.5. The van der Waals surface area contributed by atoms with E-state index in [9.17, 15) is 22.8 Å². The van der Waals surface area contributed by atoms with Crippen LogP contribution in [0, 0.1) is 0 Å². The van der Waals surface area contributed by atoms with E-state index in [0.717, 1.165) is 23.9 Å². The van der Waals surface area contributed by atoms with E-state index in [0.29, 0.717) is 35.4 Å². The molecule has 2 amide bonds. The van der Waals surface area contributed by atoms with Crippen LogP contribution in [0.3, 0.4) is 0 Å². The number of thiocarbonyl (C=S) groups is 1. The predicted molar refractivity (Wildman–Crippen MR) is 141 cm³/mol. The van der Waals surface area contributed by atoms with Gasteiger partial charge in [-0.05, 0) is 29.3 Å². The van der Waals surface area contributed by atoms with Crippen LogP contribution in [-0.2, 0) is 22.2 Å². The number of thioether (sulfide) groups is 1. The Morgan fingerprint density at radius 2 is 1.97 bits per heavy atom. The molecule has 0 saturated carbocycles. The van der Waals surface area contributed by atoms with Gasteiger partial charge in [-0.15, -0.1) is 11.3 Å². The maximum Gasteiger partial charge on any atom is 0.416 e. The Kier molecular flexibility index (Phi) is 8.13. The molecule has 5 nitrogen and oxygen atoms in total. The van der Waals surface area contributed by atoms with E-state index in [1.807, 2.05) is 6.07 Å². The molecule has 12 heteroatoms. The highest BCUT2D eigenvalue weighted by molar-refractivity contribution is 8.26. The smallest absolute Gasteiger partial charge is 0.302 e. The second kappa shape index (κ2) is 11.1. The number of carbonyl (C=O) groups is 2. The Morgan fingerprint density at radius 3 is 2.72 bits per heavy atom. The van der Waals surface area contributed by atoms with Crippen molar-refractivity contribution < 1.29 is 22.8 Å². The van der Waals surface area contributed by atoms with Crippen molar-refractivity contribution in [3.05, 3.63) is 86.2 Å². The van der Waals surface area contributed by atoms with Gasteiger partial charge in [-0.1, -0.05) is 72.0 Å². The van der Waals surface area contributed by atoms with Gasteiger partial charge in [0.25, 0.3) is 5.91 Å². The summed E-state index contributed by atoms with van der Waals surface area (Å²) in [6.45, 7) is 0.0961. The van der Waals surface area contributed by atoms with Crippen LogP contribution in [-0.4, -0.2) is 32.6 Å². The molecule has 1 saturated heterocycles. The maximum absolute atomic E-state index is 12.9. The van der Waals surface area contributed by atoms with Crippen LogP contribution in [0.15, 0.2) is 59.6 Å². The van der Waals surface area contributed by atoms with E-state index in [4.69, 9.17) is 23.8 Å². The summed E-state index contributed by atoms with van der Waals surface area (Å²) in [5, 5.41) is 3.50. The van der Waals surface area contributed by atoms with Crippen molar-refractivity contribution in [1.82, 2.24) is 9.88 Å². The Morgan fingerprint density at radius 1 is 1.19 bits per heavy atom. The fourth-order valence-corrected chi connectivity index (χ4v) is 5.68. The number of rotatable bonds is 7. The Labute approximate surface area is 223 Å². The number of alkyl halides is 3. The van der Waals surface area contributed by atoms with Crippen molar-refractivity contribution >= 4 is 74.3 Å². The quantitative estimate of drug-likeness (QED) is 0.256. The highest BCUT2D eigenvalue weighted by atomic mass is 35.5. The van der Waals surface area contributed by atoms with Crippen LogP contribution in [0.25, 0.3) is 6.08 Å². The number of halogens is 4. The monoisotopic (exact) mass is 567 g/mol. The lowest BCUT2D eigenvalue weighted by atomic mass is 10.1. The number of nitrogens with one attached hydrogen (secondary N) is 1. The van der Waals surface area contributed by atoms with E-state index in [2.05, 4.69) is 10.3 Å². The van der Waals surface area contributed by atoms with Crippen molar-refractivity contribution in [2.45, 2.75) is 19.0 Å². The fourth-order valence-electron chi connectivity index (χ4n) is 3.33. The first-order valence-corrected chi connectivity index (χ1v) is 12.9. The number of carbonyl (C=O) groups excluding carboxylic acids is 2. The number of anilines is 1. The van der Waals surface area contributed by atoms with Crippen molar-refractivity contribution in [1.29, 1.82) is 0 Å². The molecule has 36 heavy (non-hydrogen) atoms. The number of benzene rings is 2. The van der Waals surface area contributed by atoms with Gasteiger partial charge in [0.15, 0.2) is 5.13 Å². The average molecular weight is 568 g/mol. The van der Waals surface area contributed by atoms with Crippen LogP contribution < -0.4 is 5.32 Å². The molecule has 2 heterocycles. The lowest BCUT2D eigenvalue weighted by Crippen LogP contribution is -2.31. The predicted octanol–water partition coefficient (Wildman–Crippen LogP) is 6.64. The molecule has 0 bridgehead atoms. The molecular weight excluding hydrogens is 551 g/mol. The van der Waals surface area contributed by atoms with Crippen LogP contribution in [0.2, 0.25) is 5.02 Å². The molecule has 0 radical (unpaired) electrons. The van der Waals surface area contributed by atoms with Crippen molar-refractivity contribution in [2.24, 2.45) is 0 Å². The highest BCUT2D eigenvalue weighted by Crippen LogP contribution is 2.34. The summed E-state index contributed by atoms with van der Waals surface area (Å²) in [5.74, 6) is -0.658. The summed E-state index contributed by atoms with van der Waals surface area (Å²) in [5.41, 5.74) is 0.475. The largest absolute Gasteiger partial charge is 0.416 e. The molecule has 2 aromatic carbocycles. The number of amides is 2. The third-order valence-corrected chi connectivity index (χ3v) is 7.70. The van der Waals surface area contributed by atoms with Crippen molar-refractivity contribution in [3.63, 3.8) is 0 Å². The molecule has 186 valence electrons. The van der Waals surface area contributed by atoms with E-state index >= 15 is 0 Å². The Bertz CT molecular complexity index is 1360. The second-order valence-corrected chi connectivity index (χ2v) is 10.9. The van der Waals surface area contributed by atoms with Crippen molar-refractivity contribution in [2.75, 3.05) is 11.9 Å². The molecule has 4 rings (SSSR count). The normalized spacial score (nSPS) is 15.1. The number of hydrogen-bond acceptors (Lipinski definition) is 6. The van der Waals surface area contributed by atoms with E-state index in [1.54, 1.807) is 30.3 Å². The lowest BCUT2D eigenvalue weighted by Gasteiger charge is -2.13. The molecule has 3 aromatic rings. The Hall–Kier alpha value is -2.73. The van der Waals surface area contributed by atoms with Gasteiger partial charge in [0.05, 0.1) is 10.5 Å². The van der Waals surface area contributed by atoms with Gasteiger partial charge in [0.1, 0.15) is 4.32 Å². The first kappa shape index (κ1) is 26.3. The molecule has 1 aliphatic rings. The minimum Gasteiger partial charge on any atom is -0.302 e. The van der Waals surface area contributed by atoms with Crippen molar-refractivity contribution in [3.8, 4) is 0 Å². The molecule has 1 fully saturated rings. The highest BCUT2D eigenvalue weighted by Gasteiger charge is 2.32. The van der Waals surface area contributed by atoms with E-state index < -0.39 is 11.7 Å². The third kappa shape index (κ3) is 6.52. The zero-order valence-corrected chi connectivity index (χ0v) is 21.5. The van der Waals surface area contributed by atoms with E-state index in [1.165, 1.54) is 28.5 Å². The van der Waals surface area contributed by atoms with Crippen LogP contribution in [0.4, 0.5) is 18.3 Å². The summed E-state index contributed by atoms with van der Waals surface area (Å²) in [4.78, 5) is 31.8. The summed E-state index contributed by atoms with van der Waals surface area (Å²) < 4.78 is 39.1. The zero-order valence-electron chi connectivity index (χ0n) is 18.3. The van der Waals surface area contributed by atoms with Gasteiger partial charge in [-0.25, -0.2) is 4.98 Å². The van der Waals surface area contributed by atoms with Crippen LogP contribution >= 0.6 is 46.9 Å². The standard InChI is InChI=1S/C24H17ClF3N3O2S3/c25-18-7-2-1-5-15(18)12-19-21(33)31(23(34)36-19)9-8-20(32)30-22-29-13-17(35-22)11-14-4-3-6-16(10-14)24(26,27)28/h1-7,10,12-13H,8-9,11H2,(H,29,30,32)/b19-12+. The van der Waals surface area contributed by atoms with Gasteiger partial charge < -0.3 is 5.32 Å². The van der Waals surface area contributed by atoms with Gasteiger partial charge in [0.2, 0.25) is 5.91 Å². The average Bonchev–Trinajstić information content (AvgIpc) is 3.36. The molecule has 0 unspecified atom stereocenters. The summed E-state index contributed by atoms with van der Waals surface area (Å²) in [6, 6.07) is 12.2. The topological polar surface area (TPSA) is 62.3 Å². The molecule has 0 aliphatic carbocycles. The third-order valence-electron chi connectivity index (χ3n) is 5.06. The van der Waals surface area contributed by atoms with E-state index in [-0.39, 0.29) is 31.2 Å². The molecule has 1 N–H and O–H groups in total. The second-order valence-electron chi connectivity index (χ2n) is 7.66. The molecular formula is C24H17ClF3N3O2S3. The number of aromatic nitrogens is 1. The molecule has 1 aromatic heterocycles. The summed E-state index contributed by atoms with van der Waals surface area (Å²) in [6.07, 6.45) is -0.975. The van der Waals surface area contributed by atoms with Crippen LogP contribution in [0.1, 0.15) is 28.0 Å². The minimum absolute atomic E-state index is 0.00560. The lowest BCUT2D eigenvalue weighted by molar-refractivity contribution is -0.137. The molecule has 1 aliphatic heterocycles. The van der Waals surface area contributed by atoms with Gasteiger partial charge in [-0.2, -0.15) is 13.2 Å².